The summed E-state index contributed by atoms with van der Waals surface area (Å²) in [6, 6.07) is 13.2. The molecule has 0 aliphatic carbocycles. The van der Waals surface area contributed by atoms with Crippen LogP contribution in [0.1, 0.15) is 9.75 Å². The summed E-state index contributed by atoms with van der Waals surface area (Å²) >= 11 is 5.44. The van der Waals surface area contributed by atoms with Crippen molar-refractivity contribution in [2.24, 2.45) is 0 Å². The molecule has 0 N–H and O–H groups in total. The molecule has 0 aliphatic heterocycles. The van der Waals surface area contributed by atoms with Crippen LogP contribution in [0, 0.1) is 0 Å². The van der Waals surface area contributed by atoms with E-state index in [2.05, 4.69) is 59.3 Å². The first-order valence-corrected chi connectivity index (χ1v) is 8.59. The standard InChI is InChI=1S/C16H10S3/c1-2-11(17-8-1)3-4-12-10-14-13-7-9-18-15(13)5-6-16(14)19-12/h1-10H/b4-3+. The molecule has 4 rings (SSSR count). The van der Waals surface area contributed by atoms with Crippen LogP contribution < -0.4 is 0 Å². The van der Waals surface area contributed by atoms with Gasteiger partial charge in [-0.2, -0.15) is 0 Å². The van der Waals surface area contributed by atoms with Crippen molar-refractivity contribution in [3.63, 3.8) is 0 Å². The number of benzene rings is 1. The molecule has 19 heavy (non-hydrogen) atoms. The molecule has 0 spiro atoms. The summed E-state index contributed by atoms with van der Waals surface area (Å²) in [5.41, 5.74) is 0. The molecule has 0 amide bonds. The zero-order chi connectivity index (χ0) is 12.7. The molecule has 1 aromatic carbocycles. The van der Waals surface area contributed by atoms with E-state index >= 15 is 0 Å². The Balaban J connectivity index is 1.83. The maximum Gasteiger partial charge on any atom is 0.0356 e. The summed E-state index contributed by atoms with van der Waals surface area (Å²) in [7, 11) is 0. The van der Waals surface area contributed by atoms with Crippen molar-refractivity contribution < 1.29 is 0 Å². The smallest absolute Gasteiger partial charge is 0.0356 e. The predicted molar refractivity (Wildman–Crippen MR) is 90.5 cm³/mol. The highest BCUT2D eigenvalue weighted by atomic mass is 32.1. The van der Waals surface area contributed by atoms with Gasteiger partial charge in [0.1, 0.15) is 0 Å². The molecule has 3 heteroatoms. The van der Waals surface area contributed by atoms with Crippen LogP contribution in [-0.4, -0.2) is 0 Å². The molecule has 0 fully saturated rings. The third kappa shape index (κ3) is 2.04. The number of hydrogen-bond donors (Lipinski definition) is 0. The molecule has 0 radical (unpaired) electrons. The van der Waals surface area contributed by atoms with Crippen molar-refractivity contribution in [3.8, 4) is 0 Å². The normalized spacial score (nSPS) is 12.0. The summed E-state index contributed by atoms with van der Waals surface area (Å²) in [5, 5.41) is 7.05. The van der Waals surface area contributed by atoms with Crippen LogP contribution in [0.4, 0.5) is 0 Å². The van der Waals surface area contributed by atoms with Crippen LogP contribution in [0.5, 0.6) is 0 Å². The van der Waals surface area contributed by atoms with Crippen LogP contribution in [-0.2, 0) is 0 Å². The highest BCUT2D eigenvalue weighted by Crippen LogP contribution is 2.35. The van der Waals surface area contributed by atoms with Gasteiger partial charge in [-0.1, -0.05) is 6.07 Å². The van der Waals surface area contributed by atoms with Gasteiger partial charge >= 0.3 is 0 Å². The van der Waals surface area contributed by atoms with E-state index in [-0.39, 0.29) is 0 Å². The number of rotatable bonds is 2. The maximum absolute atomic E-state index is 2.30. The highest BCUT2D eigenvalue weighted by Gasteiger charge is 2.04. The molecule has 4 aromatic rings. The number of fused-ring (bicyclic) bond motifs is 3. The topological polar surface area (TPSA) is 0 Å². The zero-order valence-corrected chi connectivity index (χ0v) is 12.4. The largest absolute Gasteiger partial charge is 0.144 e. The molecule has 0 bridgehead atoms. The second kappa shape index (κ2) is 4.60. The Hall–Kier alpha value is -1.42. The number of thiophene rings is 3. The summed E-state index contributed by atoms with van der Waals surface area (Å²) in [6.45, 7) is 0. The van der Waals surface area contributed by atoms with Gasteiger partial charge in [0, 0.05) is 29.9 Å². The van der Waals surface area contributed by atoms with Gasteiger partial charge in [0.2, 0.25) is 0 Å². The average Bonchev–Trinajstić information content (AvgIpc) is 3.15. The Kier molecular flexibility index (Phi) is 2.76. The van der Waals surface area contributed by atoms with E-state index in [1.165, 1.54) is 29.9 Å². The van der Waals surface area contributed by atoms with Gasteiger partial charge in [-0.15, -0.1) is 34.0 Å². The lowest BCUT2D eigenvalue weighted by atomic mass is 10.2. The van der Waals surface area contributed by atoms with Crippen LogP contribution in [0.25, 0.3) is 32.3 Å². The van der Waals surface area contributed by atoms with Crippen LogP contribution in [0.15, 0.2) is 47.2 Å². The maximum atomic E-state index is 2.30. The lowest BCUT2D eigenvalue weighted by molar-refractivity contribution is 1.95. The van der Waals surface area contributed by atoms with E-state index in [9.17, 15) is 0 Å². The molecular weight excluding hydrogens is 288 g/mol. The number of hydrogen-bond acceptors (Lipinski definition) is 3. The van der Waals surface area contributed by atoms with Gasteiger partial charge in [0.15, 0.2) is 0 Å². The molecule has 3 aromatic heterocycles. The van der Waals surface area contributed by atoms with Gasteiger partial charge in [0.05, 0.1) is 0 Å². The molecule has 92 valence electrons. The van der Waals surface area contributed by atoms with Gasteiger partial charge in [-0.25, -0.2) is 0 Å². The van der Waals surface area contributed by atoms with Gasteiger partial charge < -0.3 is 0 Å². The van der Waals surface area contributed by atoms with Crippen molar-refractivity contribution in [1.82, 2.24) is 0 Å². The van der Waals surface area contributed by atoms with Crippen molar-refractivity contribution in [2.75, 3.05) is 0 Å². The van der Waals surface area contributed by atoms with E-state index in [1.807, 2.05) is 22.7 Å². The van der Waals surface area contributed by atoms with E-state index in [0.29, 0.717) is 0 Å². The van der Waals surface area contributed by atoms with Gasteiger partial charge in [-0.3, -0.25) is 0 Å². The Morgan fingerprint density at radius 2 is 1.63 bits per heavy atom. The minimum atomic E-state index is 1.30. The Bertz CT molecular complexity index is 860. The second-order valence-electron chi connectivity index (χ2n) is 4.31. The molecule has 0 saturated carbocycles. The van der Waals surface area contributed by atoms with Gasteiger partial charge in [0.25, 0.3) is 0 Å². The average molecular weight is 298 g/mol. The SMILES string of the molecule is C(=C\c1cc2c(ccc3sccc32)s1)/c1cccs1. The Labute approximate surface area is 123 Å². The van der Waals surface area contributed by atoms with Crippen LogP contribution in [0.3, 0.4) is 0 Å². The minimum absolute atomic E-state index is 1.30. The third-order valence-corrected chi connectivity index (χ3v) is 5.89. The molecule has 0 atom stereocenters. The lowest BCUT2D eigenvalue weighted by Gasteiger charge is -1.90. The quantitative estimate of drug-likeness (QED) is 0.404. The zero-order valence-electron chi connectivity index (χ0n) is 10.00. The minimum Gasteiger partial charge on any atom is -0.144 e. The second-order valence-corrected chi connectivity index (χ2v) is 7.35. The Morgan fingerprint density at radius 1 is 0.737 bits per heavy atom. The fourth-order valence-electron chi connectivity index (χ4n) is 2.22. The van der Waals surface area contributed by atoms with E-state index in [0.717, 1.165) is 0 Å². The summed E-state index contributed by atoms with van der Waals surface area (Å²) in [5.74, 6) is 0. The first-order chi connectivity index (χ1) is 9.40. The van der Waals surface area contributed by atoms with E-state index in [1.54, 1.807) is 11.3 Å². The predicted octanol–water partition coefficient (Wildman–Crippen LogP) is 6.35. The molecule has 0 unspecified atom stereocenters. The fraction of sp³-hybridized carbons (Fsp3) is 0. The third-order valence-electron chi connectivity index (χ3n) is 3.11. The molecule has 3 heterocycles. The first-order valence-electron chi connectivity index (χ1n) is 6.01. The van der Waals surface area contributed by atoms with Gasteiger partial charge in [-0.05, 0) is 53.2 Å². The van der Waals surface area contributed by atoms with Crippen molar-refractivity contribution in [1.29, 1.82) is 0 Å². The Morgan fingerprint density at radius 3 is 2.53 bits per heavy atom. The van der Waals surface area contributed by atoms with Crippen LogP contribution in [0.2, 0.25) is 0 Å². The lowest BCUT2D eigenvalue weighted by Crippen LogP contribution is -1.63. The van der Waals surface area contributed by atoms with Crippen LogP contribution >= 0.6 is 34.0 Å². The molecular formula is C16H10S3. The molecule has 0 aliphatic rings. The summed E-state index contributed by atoms with van der Waals surface area (Å²) < 4.78 is 2.75. The van der Waals surface area contributed by atoms with E-state index in [4.69, 9.17) is 0 Å². The van der Waals surface area contributed by atoms with Crippen molar-refractivity contribution >= 4 is 66.3 Å². The monoisotopic (exact) mass is 298 g/mol. The summed E-state index contributed by atoms with van der Waals surface area (Å²) in [6.07, 6.45) is 4.41. The molecule has 0 saturated heterocycles. The summed E-state index contributed by atoms with van der Waals surface area (Å²) in [4.78, 5) is 2.63. The fourth-order valence-corrected chi connectivity index (χ4v) is 4.62. The van der Waals surface area contributed by atoms with Crippen molar-refractivity contribution in [3.05, 3.63) is 56.9 Å². The molecule has 0 nitrogen and oxygen atoms in total. The van der Waals surface area contributed by atoms with E-state index < -0.39 is 0 Å². The van der Waals surface area contributed by atoms with Crippen molar-refractivity contribution in [2.45, 2.75) is 0 Å². The first kappa shape index (κ1) is 11.4. The highest BCUT2D eigenvalue weighted by molar-refractivity contribution is 7.21.